The van der Waals surface area contributed by atoms with Crippen LogP contribution in [-0.4, -0.2) is 65.3 Å². The van der Waals surface area contributed by atoms with Crippen LogP contribution in [0.2, 0.25) is 0 Å². The number of esters is 1. The first-order valence-electron chi connectivity index (χ1n) is 12.9. The van der Waals surface area contributed by atoms with Crippen molar-refractivity contribution in [2.45, 2.75) is 58.8 Å². The molecule has 2 aromatic rings. The minimum atomic E-state index is -3.95. The molecule has 0 saturated carbocycles. The molecule has 3 rings (SSSR count). The number of ketones is 1. The highest BCUT2D eigenvalue weighted by molar-refractivity contribution is 7.88. The van der Waals surface area contributed by atoms with E-state index in [1.54, 1.807) is 88.4 Å². The van der Waals surface area contributed by atoms with Gasteiger partial charge >= 0.3 is 5.97 Å². The van der Waals surface area contributed by atoms with E-state index in [2.05, 4.69) is 5.32 Å². The fourth-order valence-corrected chi connectivity index (χ4v) is 5.78. The molecule has 0 aromatic heterocycles. The lowest BCUT2D eigenvalue weighted by Gasteiger charge is -2.49. The van der Waals surface area contributed by atoms with Gasteiger partial charge in [-0.05, 0) is 30.9 Å². The van der Waals surface area contributed by atoms with Crippen LogP contribution in [-0.2, 0) is 40.4 Å². The molecule has 0 fully saturated rings. The van der Waals surface area contributed by atoms with Crippen LogP contribution in [0.4, 0.5) is 0 Å². The predicted molar refractivity (Wildman–Crippen MR) is 150 cm³/mol. The number of hydrogen-bond donors (Lipinski definition) is 1. The lowest BCUT2D eigenvalue weighted by Crippen LogP contribution is -2.72. The maximum Gasteiger partial charge on any atom is 0.379 e. The van der Waals surface area contributed by atoms with Crippen molar-refractivity contribution < 1.29 is 32.3 Å². The first kappa shape index (κ1) is 30.6. The quantitative estimate of drug-likeness (QED) is 0.344. The molecular formula is C29H35N3O7S. The molecule has 2 atom stereocenters. The van der Waals surface area contributed by atoms with Gasteiger partial charge in [0.25, 0.3) is 11.7 Å². The number of ether oxygens (including phenoxy) is 1. The second-order valence-corrected chi connectivity index (χ2v) is 12.2. The summed E-state index contributed by atoms with van der Waals surface area (Å²) >= 11 is 0. The van der Waals surface area contributed by atoms with Crippen molar-refractivity contribution in [3.63, 3.8) is 0 Å². The molecule has 0 bridgehead atoms. The fourth-order valence-electron chi connectivity index (χ4n) is 4.74. The summed E-state index contributed by atoms with van der Waals surface area (Å²) < 4.78 is 32.0. The molecule has 2 amide bonds. The lowest BCUT2D eigenvalue weighted by atomic mass is 9.88. The zero-order valence-corrected chi connectivity index (χ0v) is 24.3. The van der Waals surface area contributed by atoms with E-state index in [-0.39, 0.29) is 12.1 Å². The van der Waals surface area contributed by atoms with Gasteiger partial charge in [-0.25, -0.2) is 13.2 Å². The number of rotatable bonds is 10. The van der Waals surface area contributed by atoms with Crippen molar-refractivity contribution in [2.75, 3.05) is 6.26 Å². The average molecular weight is 570 g/mol. The van der Waals surface area contributed by atoms with Crippen molar-refractivity contribution in [3.8, 4) is 0 Å². The van der Waals surface area contributed by atoms with E-state index in [0.29, 0.717) is 11.1 Å². The Kier molecular flexibility index (Phi) is 9.19. The van der Waals surface area contributed by atoms with Crippen LogP contribution in [0.5, 0.6) is 0 Å². The molecule has 0 radical (unpaired) electrons. The van der Waals surface area contributed by atoms with Gasteiger partial charge in [0.05, 0.1) is 18.1 Å². The van der Waals surface area contributed by atoms with Crippen molar-refractivity contribution in [3.05, 3.63) is 78.0 Å². The summed E-state index contributed by atoms with van der Waals surface area (Å²) in [4.78, 5) is 55.7. The molecule has 214 valence electrons. The number of nitrogens with zero attached hydrogens (tertiary/aromatic N) is 2. The van der Waals surface area contributed by atoms with E-state index in [0.717, 1.165) is 15.5 Å². The summed E-state index contributed by atoms with van der Waals surface area (Å²) in [6.07, 6.45) is 1.31. The molecule has 0 spiro atoms. The first-order chi connectivity index (χ1) is 18.7. The summed E-state index contributed by atoms with van der Waals surface area (Å²) in [5.41, 5.74) is -1.34. The van der Waals surface area contributed by atoms with E-state index in [4.69, 9.17) is 4.74 Å². The Morgan fingerprint density at radius 3 is 2.00 bits per heavy atom. The van der Waals surface area contributed by atoms with E-state index in [1.807, 2.05) is 0 Å². The summed E-state index contributed by atoms with van der Waals surface area (Å²) in [6.45, 7) is 7.66. The van der Waals surface area contributed by atoms with Crippen LogP contribution in [0.15, 0.2) is 66.9 Å². The Morgan fingerprint density at radius 1 is 0.975 bits per heavy atom. The Hall–Kier alpha value is -3.99. The molecule has 2 aromatic carbocycles. The molecular weight excluding hydrogens is 534 g/mol. The van der Waals surface area contributed by atoms with Crippen LogP contribution in [0, 0.1) is 5.92 Å². The van der Waals surface area contributed by atoms with Gasteiger partial charge in [-0.3, -0.25) is 23.6 Å². The Bertz CT molecular complexity index is 1410. The van der Waals surface area contributed by atoms with Gasteiger partial charge in [0.2, 0.25) is 15.9 Å². The van der Waals surface area contributed by atoms with Gasteiger partial charge < -0.3 is 10.1 Å². The number of amides is 2. The molecule has 1 aliphatic heterocycles. The number of carbonyl (C=O) groups excluding carboxylic acids is 4. The van der Waals surface area contributed by atoms with Crippen LogP contribution in [0.3, 0.4) is 0 Å². The maximum absolute atomic E-state index is 14.5. The van der Waals surface area contributed by atoms with E-state index >= 15 is 0 Å². The Balaban J connectivity index is 2.45. The van der Waals surface area contributed by atoms with Crippen molar-refractivity contribution in [2.24, 2.45) is 5.92 Å². The van der Waals surface area contributed by atoms with Gasteiger partial charge in [-0.15, -0.1) is 0 Å². The summed E-state index contributed by atoms with van der Waals surface area (Å²) in [6, 6.07) is 15.7. The molecule has 1 unspecified atom stereocenters. The summed E-state index contributed by atoms with van der Waals surface area (Å²) in [5, 5.41) is 2.62. The highest BCUT2D eigenvalue weighted by Crippen LogP contribution is 2.38. The smallest absolute Gasteiger partial charge is 0.379 e. The van der Waals surface area contributed by atoms with Crippen molar-refractivity contribution >= 4 is 39.3 Å². The molecule has 1 heterocycles. The van der Waals surface area contributed by atoms with Crippen LogP contribution < -0.4 is 5.32 Å². The summed E-state index contributed by atoms with van der Waals surface area (Å²) in [5.74, 6) is -4.43. The van der Waals surface area contributed by atoms with Gasteiger partial charge in [0, 0.05) is 19.5 Å². The highest BCUT2D eigenvalue weighted by atomic mass is 32.2. The van der Waals surface area contributed by atoms with Crippen LogP contribution >= 0.6 is 0 Å². The van der Waals surface area contributed by atoms with E-state index < -0.39 is 57.3 Å². The minimum absolute atomic E-state index is 0.0169. The number of hydrogen-bond acceptors (Lipinski definition) is 7. The Morgan fingerprint density at radius 2 is 1.52 bits per heavy atom. The largest absolute Gasteiger partial charge is 0.457 e. The lowest BCUT2D eigenvalue weighted by molar-refractivity contribution is -0.165. The molecule has 11 heteroatoms. The topological polar surface area (TPSA) is 130 Å². The number of sulfonamides is 1. The van der Waals surface area contributed by atoms with Crippen molar-refractivity contribution in [1.29, 1.82) is 0 Å². The molecule has 10 nitrogen and oxygen atoms in total. The standard InChI is InChI=1S/C29H35N3O7S/c1-19(2)25-27(35)32(24(18-31(25)40(6,37)38)23-15-11-8-12-16-23)29(30-21(5)33,17-22-13-9-7-10-14-22)26(34)28(36)39-20(3)4/h7-16,18-20,25H,17H2,1-6H3,(H,30,33)/t25?,29-/m0/s1. The molecule has 0 saturated heterocycles. The average Bonchev–Trinajstić information content (AvgIpc) is 2.86. The second-order valence-electron chi connectivity index (χ2n) is 10.3. The van der Waals surface area contributed by atoms with Crippen LogP contribution in [0.1, 0.15) is 45.7 Å². The maximum atomic E-state index is 14.5. The Labute approximate surface area is 235 Å². The van der Waals surface area contributed by atoms with E-state index in [1.165, 1.54) is 13.1 Å². The zero-order chi connectivity index (χ0) is 29.8. The monoisotopic (exact) mass is 569 g/mol. The molecule has 1 N–H and O–H groups in total. The number of Topliss-reactive ketones (excluding diaryl/α,β-unsaturated/α-hetero) is 1. The van der Waals surface area contributed by atoms with Gasteiger partial charge in [0.1, 0.15) is 6.04 Å². The third kappa shape index (κ3) is 6.41. The SMILES string of the molecule is CC(=O)N[C@](Cc1ccccc1)(C(=O)C(=O)OC(C)C)N1C(=O)C(C(C)C)N(S(C)(=O)=O)C=C1c1ccccc1. The normalized spacial score (nSPS) is 17.4. The number of nitrogens with one attached hydrogen (secondary N) is 1. The number of carbonyl (C=O) groups is 4. The third-order valence-corrected chi connectivity index (χ3v) is 7.39. The minimum Gasteiger partial charge on any atom is -0.457 e. The zero-order valence-electron chi connectivity index (χ0n) is 23.5. The molecule has 40 heavy (non-hydrogen) atoms. The van der Waals surface area contributed by atoms with Crippen LogP contribution in [0.25, 0.3) is 5.70 Å². The predicted octanol–water partition coefficient (Wildman–Crippen LogP) is 2.71. The van der Waals surface area contributed by atoms with Crippen molar-refractivity contribution in [1.82, 2.24) is 14.5 Å². The third-order valence-electron chi connectivity index (χ3n) is 6.29. The number of benzene rings is 2. The van der Waals surface area contributed by atoms with Gasteiger partial charge in [-0.1, -0.05) is 74.5 Å². The first-order valence-corrected chi connectivity index (χ1v) is 14.7. The summed E-state index contributed by atoms with van der Waals surface area (Å²) in [7, 11) is -3.95. The van der Waals surface area contributed by atoms with E-state index in [9.17, 15) is 27.6 Å². The molecule has 0 aliphatic carbocycles. The second kappa shape index (κ2) is 12.0. The van der Waals surface area contributed by atoms with Gasteiger partial charge in [0.15, 0.2) is 5.66 Å². The molecule has 1 aliphatic rings. The fraction of sp³-hybridized carbons (Fsp3) is 0.379. The van der Waals surface area contributed by atoms with Gasteiger partial charge in [-0.2, -0.15) is 0 Å². The highest BCUT2D eigenvalue weighted by Gasteiger charge is 2.56.